The Hall–Kier alpha value is -3.65. The number of aryl methyl sites for hydroxylation is 1. The Morgan fingerprint density at radius 3 is 2.58 bits per heavy atom. The van der Waals surface area contributed by atoms with Gasteiger partial charge in [-0.15, -0.1) is 0 Å². The van der Waals surface area contributed by atoms with Crippen molar-refractivity contribution in [2.24, 2.45) is 0 Å². The molecule has 1 saturated heterocycles. The van der Waals surface area contributed by atoms with Gasteiger partial charge in [0.15, 0.2) is 5.76 Å². The average molecular weight is 450 g/mol. The van der Waals surface area contributed by atoms with Crippen molar-refractivity contribution in [2.75, 3.05) is 26.9 Å². The number of hydrogen-bond donors (Lipinski definition) is 1. The van der Waals surface area contributed by atoms with Crippen molar-refractivity contribution >= 4 is 23.1 Å². The van der Waals surface area contributed by atoms with Crippen molar-refractivity contribution < 1.29 is 24.2 Å². The summed E-state index contributed by atoms with van der Waals surface area (Å²) in [7, 11) is 1.53. The van der Waals surface area contributed by atoms with E-state index < -0.39 is 17.7 Å². The molecule has 1 unspecified atom stereocenters. The molecule has 0 aliphatic carbocycles. The number of carbonyl (C=O) groups excluding carboxylic acids is 2. The lowest BCUT2D eigenvalue weighted by atomic mass is 9.96. The maximum Gasteiger partial charge on any atom is 0.295 e. The van der Waals surface area contributed by atoms with Gasteiger partial charge in [0.1, 0.15) is 17.1 Å². The number of likely N-dealkylation sites (tertiary alicyclic amines) is 1. The van der Waals surface area contributed by atoms with Crippen LogP contribution in [-0.2, 0) is 14.3 Å². The van der Waals surface area contributed by atoms with Crippen LogP contribution in [0.25, 0.3) is 11.4 Å². The summed E-state index contributed by atoms with van der Waals surface area (Å²) >= 11 is 0. The summed E-state index contributed by atoms with van der Waals surface area (Å²) in [5.74, 6) is -0.950. The Morgan fingerprint density at radius 2 is 1.88 bits per heavy atom. The fourth-order valence-electron chi connectivity index (χ4n) is 4.14. The van der Waals surface area contributed by atoms with Gasteiger partial charge in [-0.2, -0.15) is 0 Å². The first-order valence-electron chi connectivity index (χ1n) is 10.9. The Balaban J connectivity index is 1.86. The van der Waals surface area contributed by atoms with Gasteiger partial charge in [-0.3, -0.25) is 14.0 Å². The molecule has 0 spiro atoms. The number of aliphatic hydroxyl groups is 1. The van der Waals surface area contributed by atoms with Gasteiger partial charge in [-0.05, 0) is 43.2 Å². The van der Waals surface area contributed by atoms with Crippen LogP contribution in [0.3, 0.4) is 0 Å². The minimum atomic E-state index is -0.756. The van der Waals surface area contributed by atoms with Crippen molar-refractivity contribution in [3.05, 3.63) is 71.2 Å². The van der Waals surface area contributed by atoms with E-state index in [1.807, 2.05) is 37.3 Å². The maximum absolute atomic E-state index is 13.2. The van der Waals surface area contributed by atoms with Gasteiger partial charge in [-0.1, -0.05) is 25.1 Å². The van der Waals surface area contributed by atoms with E-state index in [4.69, 9.17) is 9.47 Å². The molecule has 0 bridgehead atoms. The first-order chi connectivity index (χ1) is 16.0. The van der Waals surface area contributed by atoms with Crippen LogP contribution >= 0.6 is 0 Å². The number of nitrogens with zero attached hydrogens (tertiary/aromatic N) is 3. The van der Waals surface area contributed by atoms with Crippen LogP contribution in [0.2, 0.25) is 0 Å². The van der Waals surface area contributed by atoms with Crippen molar-refractivity contribution in [3.8, 4) is 5.75 Å². The molecular weight excluding hydrogens is 422 g/mol. The number of ketones is 1. The Kier molecular flexibility index (Phi) is 6.46. The number of aromatic nitrogens is 2. The number of imidazole rings is 1. The lowest BCUT2D eigenvalue weighted by molar-refractivity contribution is -0.140. The summed E-state index contributed by atoms with van der Waals surface area (Å²) in [4.78, 5) is 32.0. The van der Waals surface area contributed by atoms with Crippen LogP contribution in [-0.4, -0.2) is 57.9 Å². The largest absolute Gasteiger partial charge is 0.505 e. The van der Waals surface area contributed by atoms with E-state index in [-0.39, 0.29) is 24.5 Å². The zero-order chi connectivity index (χ0) is 23.5. The van der Waals surface area contributed by atoms with E-state index in [1.165, 1.54) is 12.0 Å². The van der Waals surface area contributed by atoms with Gasteiger partial charge in [0, 0.05) is 19.9 Å². The molecule has 4 rings (SSSR count). The standard InChI is InChI=1S/C25H27N3O5/c1-4-14-33-18-10-8-17(9-11-18)22-20(24(30)25(31)28(22)13-15-32-3)23(29)21-16(2)26-19-7-5-6-12-27(19)21/h5-12,22,29H,4,13-15H2,1-3H3/b23-20+. The highest BCUT2D eigenvalue weighted by Crippen LogP contribution is 2.40. The van der Waals surface area contributed by atoms with E-state index in [9.17, 15) is 14.7 Å². The van der Waals surface area contributed by atoms with Crippen molar-refractivity contribution in [1.82, 2.24) is 14.3 Å². The fourth-order valence-corrected chi connectivity index (χ4v) is 4.14. The lowest BCUT2D eigenvalue weighted by Gasteiger charge is -2.25. The molecule has 1 fully saturated rings. The highest BCUT2D eigenvalue weighted by molar-refractivity contribution is 6.46. The SMILES string of the molecule is CCCOc1ccc(C2/C(=C(\O)c3c(C)nc4ccccn34)C(=O)C(=O)N2CCOC)cc1. The topological polar surface area (TPSA) is 93.4 Å². The fraction of sp³-hybridized carbons (Fsp3) is 0.320. The first-order valence-corrected chi connectivity index (χ1v) is 10.9. The van der Waals surface area contributed by atoms with E-state index in [2.05, 4.69) is 4.98 Å². The number of rotatable bonds is 8. The van der Waals surface area contributed by atoms with E-state index >= 15 is 0 Å². The molecule has 1 aliphatic heterocycles. The average Bonchev–Trinajstić information content (AvgIpc) is 3.29. The van der Waals surface area contributed by atoms with Crippen LogP contribution in [0.5, 0.6) is 5.75 Å². The molecule has 1 N–H and O–H groups in total. The summed E-state index contributed by atoms with van der Waals surface area (Å²) in [6, 6.07) is 12.0. The quantitative estimate of drug-likeness (QED) is 0.321. The molecule has 0 saturated carbocycles. The van der Waals surface area contributed by atoms with Crippen LogP contribution < -0.4 is 4.74 Å². The van der Waals surface area contributed by atoms with Crippen LogP contribution in [0, 0.1) is 6.92 Å². The first kappa shape index (κ1) is 22.5. The highest BCUT2D eigenvalue weighted by Gasteiger charge is 2.46. The third-order valence-corrected chi connectivity index (χ3v) is 5.67. The van der Waals surface area contributed by atoms with Gasteiger partial charge >= 0.3 is 0 Å². The Labute approximate surface area is 192 Å². The van der Waals surface area contributed by atoms with Crippen LogP contribution in [0.4, 0.5) is 0 Å². The number of hydrogen-bond acceptors (Lipinski definition) is 6. The molecule has 1 aliphatic rings. The van der Waals surface area contributed by atoms with Gasteiger partial charge in [0.2, 0.25) is 0 Å². The smallest absolute Gasteiger partial charge is 0.295 e. The molecule has 8 heteroatoms. The summed E-state index contributed by atoms with van der Waals surface area (Å²) in [6.45, 7) is 4.86. The molecule has 1 amide bonds. The Bertz CT molecular complexity index is 1210. The summed E-state index contributed by atoms with van der Waals surface area (Å²) in [5, 5.41) is 11.4. The molecule has 33 heavy (non-hydrogen) atoms. The van der Waals surface area contributed by atoms with Crippen molar-refractivity contribution in [2.45, 2.75) is 26.3 Å². The summed E-state index contributed by atoms with van der Waals surface area (Å²) in [5.41, 5.74) is 2.32. The van der Waals surface area contributed by atoms with Gasteiger partial charge in [0.05, 0.1) is 30.5 Å². The molecule has 8 nitrogen and oxygen atoms in total. The van der Waals surface area contributed by atoms with Gasteiger partial charge in [-0.25, -0.2) is 4.98 Å². The summed E-state index contributed by atoms with van der Waals surface area (Å²) < 4.78 is 12.5. The maximum atomic E-state index is 13.2. The molecule has 1 atom stereocenters. The van der Waals surface area contributed by atoms with Crippen LogP contribution in [0.15, 0.2) is 54.2 Å². The number of pyridine rings is 1. The summed E-state index contributed by atoms with van der Waals surface area (Å²) in [6.07, 6.45) is 2.65. The minimum absolute atomic E-state index is 0.0343. The Morgan fingerprint density at radius 1 is 1.12 bits per heavy atom. The second-order valence-corrected chi connectivity index (χ2v) is 7.88. The third-order valence-electron chi connectivity index (χ3n) is 5.67. The zero-order valence-corrected chi connectivity index (χ0v) is 18.9. The monoisotopic (exact) mass is 449 g/mol. The molecular formula is C25H27N3O5. The number of ether oxygens (including phenoxy) is 2. The number of Topliss-reactive ketones (excluding diaryl/α,β-unsaturated/α-hetero) is 1. The van der Waals surface area contributed by atoms with Gasteiger partial charge in [0.25, 0.3) is 11.7 Å². The number of amides is 1. The van der Waals surface area contributed by atoms with Gasteiger partial charge < -0.3 is 19.5 Å². The van der Waals surface area contributed by atoms with Crippen molar-refractivity contribution in [1.29, 1.82) is 0 Å². The number of carbonyl (C=O) groups is 2. The minimum Gasteiger partial charge on any atom is -0.505 e. The normalized spacial score (nSPS) is 17.8. The predicted molar refractivity (Wildman–Crippen MR) is 123 cm³/mol. The predicted octanol–water partition coefficient (Wildman–Crippen LogP) is 3.50. The number of benzene rings is 1. The second kappa shape index (κ2) is 9.46. The van der Waals surface area contributed by atoms with E-state index in [0.29, 0.717) is 35.0 Å². The lowest BCUT2D eigenvalue weighted by Crippen LogP contribution is -2.32. The van der Waals surface area contributed by atoms with Crippen molar-refractivity contribution in [3.63, 3.8) is 0 Å². The number of fused-ring (bicyclic) bond motifs is 1. The van der Waals surface area contributed by atoms with Crippen LogP contribution in [0.1, 0.15) is 36.3 Å². The highest BCUT2D eigenvalue weighted by atomic mass is 16.5. The second-order valence-electron chi connectivity index (χ2n) is 7.88. The van der Waals surface area contributed by atoms with E-state index in [1.54, 1.807) is 29.7 Å². The third kappa shape index (κ3) is 4.09. The zero-order valence-electron chi connectivity index (χ0n) is 18.9. The molecule has 3 heterocycles. The number of aliphatic hydroxyl groups excluding tert-OH is 1. The van der Waals surface area contributed by atoms with E-state index in [0.717, 1.165) is 6.42 Å². The molecule has 172 valence electrons. The molecule has 1 aromatic carbocycles. The number of methoxy groups -OCH3 is 1. The molecule has 2 aromatic heterocycles. The molecule has 0 radical (unpaired) electrons. The molecule has 3 aromatic rings.